The fourth-order valence-corrected chi connectivity index (χ4v) is 3.09. The number of likely N-dealkylation sites (N-methyl/N-ethyl adjacent to an activating group) is 1. The zero-order chi connectivity index (χ0) is 20.8. The third-order valence-corrected chi connectivity index (χ3v) is 4.66. The number of methoxy groups -OCH3 is 1. The summed E-state index contributed by atoms with van der Waals surface area (Å²) >= 11 is 0. The van der Waals surface area contributed by atoms with Gasteiger partial charge in [-0.1, -0.05) is 18.2 Å². The van der Waals surface area contributed by atoms with Gasteiger partial charge in [0.15, 0.2) is 11.5 Å². The van der Waals surface area contributed by atoms with Crippen molar-refractivity contribution in [3.8, 4) is 17.2 Å². The van der Waals surface area contributed by atoms with Crippen LogP contribution in [0.3, 0.4) is 0 Å². The summed E-state index contributed by atoms with van der Waals surface area (Å²) in [5, 5.41) is 5.49. The number of hydrogen-bond donors (Lipinski definition) is 2. The third-order valence-electron chi connectivity index (χ3n) is 4.66. The quantitative estimate of drug-likeness (QED) is 0.701. The van der Waals surface area contributed by atoms with Gasteiger partial charge >= 0.3 is 0 Å². The number of carbonyl (C=O) groups is 2. The summed E-state index contributed by atoms with van der Waals surface area (Å²) in [7, 11) is 5.49. The first-order valence-electron chi connectivity index (χ1n) is 9.23. The SMILES string of the molecule is COc1ccccc1C(CNC(=O)CNC(=O)c1ccc2c(c1)OCO2)N(C)C. The van der Waals surface area contributed by atoms with Crippen molar-refractivity contribution >= 4 is 11.8 Å². The van der Waals surface area contributed by atoms with Crippen molar-refractivity contribution in [3.63, 3.8) is 0 Å². The largest absolute Gasteiger partial charge is 0.496 e. The van der Waals surface area contributed by atoms with E-state index in [-0.39, 0.29) is 31.2 Å². The van der Waals surface area contributed by atoms with Crippen LogP contribution in [0.25, 0.3) is 0 Å². The van der Waals surface area contributed by atoms with E-state index < -0.39 is 0 Å². The van der Waals surface area contributed by atoms with Crippen LogP contribution < -0.4 is 24.8 Å². The molecule has 154 valence electrons. The zero-order valence-electron chi connectivity index (χ0n) is 16.7. The lowest BCUT2D eigenvalue weighted by Crippen LogP contribution is -2.40. The highest BCUT2D eigenvalue weighted by Crippen LogP contribution is 2.32. The molecule has 0 aromatic heterocycles. The average molecular weight is 399 g/mol. The molecule has 0 saturated carbocycles. The predicted molar refractivity (Wildman–Crippen MR) is 107 cm³/mol. The molecule has 0 radical (unpaired) electrons. The Labute approximate surface area is 169 Å². The molecule has 8 heteroatoms. The second-order valence-electron chi connectivity index (χ2n) is 6.78. The third kappa shape index (κ3) is 4.97. The van der Waals surface area contributed by atoms with Crippen LogP contribution in [0, 0.1) is 0 Å². The first-order chi connectivity index (χ1) is 14.0. The van der Waals surface area contributed by atoms with Crippen LogP contribution in [-0.2, 0) is 4.79 Å². The van der Waals surface area contributed by atoms with Gasteiger partial charge in [-0.05, 0) is 38.4 Å². The monoisotopic (exact) mass is 399 g/mol. The predicted octanol–water partition coefficient (Wildman–Crippen LogP) is 1.57. The van der Waals surface area contributed by atoms with E-state index in [4.69, 9.17) is 14.2 Å². The molecular weight excluding hydrogens is 374 g/mol. The molecule has 1 heterocycles. The second kappa shape index (κ2) is 9.29. The van der Waals surface area contributed by atoms with Crippen molar-refractivity contribution in [2.24, 2.45) is 0 Å². The Hall–Kier alpha value is -3.26. The van der Waals surface area contributed by atoms with Gasteiger partial charge in [-0.15, -0.1) is 0 Å². The summed E-state index contributed by atoms with van der Waals surface area (Å²) in [6.45, 7) is 0.396. The molecule has 0 aliphatic carbocycles. The van der Waals surface area contributed by atoms with Crippen molar-refractivity contribution < 1.29 is 23.8 Å². The van der Waals surface area contributed by atoms with Crippen LogP contribution in [0.2, 0.25) is 0 Å². The van der Waals surface area contributed by atoms with E-state index in [1.165, 1.54) is 0 Å². The lowest BCUT2D eigenvalue weighted by atomic mass is 10.0. The summed E-state index contributed by atoms with van der Waals surface area (Å²) in [4.78, 5) is 26.5. The number of fused-ring (bicyclic) bond motifs is 1. The van der Waals surface area contributed by atoms with Gasteiger partial charge in [0.1, 0.15) is 5.75 Å². The number of ether oxygens (including phenoxy) is 3. The summed E-state index contributed by atoms with van der Waals surface area (Å²) in [6, 6.07) is 12.5. The van der Waals surface area contributed by atoms with Gasteiger partial charge in [0, 0.05) is 17.7 Å². The maximum Gasteiger partial charge on any atom is 0.251 e. The Morgan fingerprint density at radius 2 is 1.86 bits per heavy atom. The molecule has 0 saturated heterocycles. The topological polar surface area (TPSA) is 89.1 Å². The molecule has 1 aliphatic heterocycles. The van der Waals surface area contributed by atoms with E-state index in [1.54, 1.807) is 25.3 Å². The number of nitrogens with one attached hydrogen (secondary N) is 2. The molecule has 1 aliphatic rings. The van der Waals surface area contributed by atoms with E-state index in [2.05, 4.69) is 10.6 Å². The van der Waals surface area contributed by atoms with Gasteiger partial charge in [0.05, 0.1) is 19.7 Å². The minimum absolute atomic E-state index is 0.0698. The number of benzene rings is 2. The van der Waals surface area contributed by atoms with Gasteiger partial charge in [-0.3, -0.25) is 9.59 Å². The summed E-state index contributed by atoms with van der Waals surface area (Å²) < 4.78 is 15.9. The molecule has 0 bridgehead atoms. The van der Waals surface area contributed by atoms with Crippen LogP contribution in [-0.4, -0.2) is 57.8 Å². The van der Waals surface area contributed by atoms with E-state index in [9.17, 15) is 9.59 Å². The molecule has 2 aromatic carbocycles. The van der Waals surface area contributed by atoms with Crippen molar-refractivity contribution in [1.82, 2.24) is 15.5 Å². The first kappa shape index (κ1) is 20.5. The molecule has 3 rings (SSSR count). The van der Waals surface area contributed by atoms with E-state index in [0.29, 0.717) is 23.6 Å². The Morgan fingerprint density at radius 1 is 1.10 bits per heavy atom. The first-order valence-corrected chi connectivity index (χ1v) is 9.23. The Morgan fingerprint density at radius 3 is 2.62 bits per heavy atom. The van der Waals surface area contributed by atoms with Gasteiger partial charge in [0.2, 0.25) is 12.7 Å². The van der Waals surface area contributed by atoms with Gasteiger partial charge < -0.3 is 29.7 Å². The molecule has 2 amide bonds. The molecule has 2 N–H and O–H groups in total. The molecule has 1 atom stereocenters. The van der Waals surface area contributed by atoms with Crippen molar-refractivity contribution in [1.29, 1.82) is 0 Å². The van der Waals surface area contributed by atoms with Crippen LogP contribution >= 0.6 is 0 Å². The fourth-order valence-electron chi connectivity index (χ4n) is 3.09. The van der Waals surface area contributed by atoms with E-state index in [0.717, 1.165) is 11.3 Å². The molecule has 29 heavy (non-hydrogen) atoms. The smallest absolute Gasteiger partial charge is 0.251 e. The zero-order valence-corrected chi connectivity index (χ0v) is 16.7. The molecule has 2 aromatic rings. The maximum atomic E-state index is 12.3. The molecule has 1 unspecified atom stereocenters. The number of amides is 2. The second-order valence-corrected chi connectivity index (χ2v) is 6.78. The van der Waals surface area contributed by atoms with E-state index >= 15 is 0 Å². The molecule has 8 nitrogen and oxygen atoms in total. The van der Waals surface area contributed by atoms with Crippen molar-refractivity contribution in [2.45, 2.75) is 6.04 Å². The summed E-state index contributed by atoms with van der Waals surface area (Å²) in [5.41, 5.74) is 1.38. The van der Waals surface area contributed by atoms with Crippen LogP contribution in [0.5, 0.6) is 17.2 Å². The Kier molecular flexibility index (Phi) is 6.56. The van der Waals surface area contributed by atoms with Crippen LogP contribution in [0.15, 0.2) is 42.5 Å². The van der Waals surface area contributed by atoms with Gasteiger partial charge in [-0.25, -0.2) is 0 Å². The van der Waals surface area contributed by atoms with Gasteiger partial charge in [0.25, 0.3) is 5.91 Å². The van der Waals surface area contributed by atoms with Gasteiger partial charge in [-0.2, -0.15) is 0 Å². The Balaban J connectivity index is 1.54. The Bertz CT molecular complexity index is 884. The number of para-hydroxylation sites is 1. The summed E-state index contributed by atoms with van der Waals surface area (Å²) in [5.74, 6) is 1.25. The molecule has 0 fully saturated rings. The lowest BCUT2D eigenvalue weighted by molar-refractivity contribution is -0.120. The highest BCUT2D eigenvalue weighted by molar-refractivity contribution is 5.97. The number of nitrogens with zero attached hydrogens (tertiary/aromatic N) is 1. The average Bonchev–Trinajstić information content (AvgIpc) is 3.20. The number of hydrogen-bond acceptors (Lipinski definition) is 6. The molecule has 0 spiro atoms. The van der Waals surface area contributed by atoms with Crippen molar-refractivity contribution in [3.05, 3.63) is 53.6 Å². The van der Waals surface area contributed by atoms with Crippen molar-refractivity contribution in [2.75, 3.05) is 41.1 Å². The number of rotatable bonds is 8. The van der Waals surface area contributed by atoms with Crippen LogP contribution in [0.1, 0.15) is 22.0 Å². The highest BCUT2D eigenvalue weighted by atomic mass is 16.7. The normalized spacial score (nSPS) is 13.1. The highest BCUT2D eigenvalue weighted by Gasteiger charge is 2.20. The summed E-state index contributed by atoms with van der Waals surface area (Å²) in [6.07, 6.45) is 0. The fraction of sp³-hybridized carbons (Fsp3) is 0.333. The van der Waals surface area contributed by atoms with Crippen LogP contribution in [0.4, 0.5) is 0 Å². The number of carbonyl (C=O) groups excluding carboxylic acids is 2. The maximum absolute atomic E-state index is 12.3. The molecular formula is C21H25N3O5. The lowest BCUT2D eigenvalue weighted by Gasteiger charge is -2.26. The van der Waals surface area contributed by atoms with E-state index in [1.807, 2.05) is 43.3 Å². The minimum atomic E-state index is -0.354. The standard InChI is InChI=1S/C21H25N3O5/c1-24(2)16(15-6-4-5-7-17(15)27-3)11-22-20(25)12-23-21(26)14-8-9-18-19(10-14)29-13-28-18/h4-10,16H,11-13H2,1-3H3,(H,22,25)(H,23,26). The minimum Gasteiger partial charge on any atom is -0.496 e.